The number of urea groups is 1. The lowest BCUT2D eigenvalue weighted by atomic mass is 9.95. The Labute approximate surface area is 217 Å². The van der Waals surface area contributed by atoms with Gasteiger partial charge in [-0.15, -0.1) is 0 Å². The first kappa shape index (κ1) is 24.8. The van der Waals surface area contributed by atoms with E-state index in [4.69, 9.17) is 0 Å². The van der Waals surface area contributed by atoms with Crippen molar-refractivity contribution in [3.63, 3.8) is 0 Å². The molecule has 5 rings (SSSR count). The number of carbonyl (C=O) groups excluding carboxylic acids is 3. The number of nitrogens with one attached hydrogen (secondary N) is 1. The number of benzene rings is 3. The molecule has 0 saturated carbocycles. The van der Waals surface area contributed by atoms with Crippen molar-refractivity contribution in [2.75, 3.05) is 20.1 Å². The second-order valence-electron chi connectivity index (χ2n) is 10.1. The van der Waals surface area contributed by atoms with Gasteiger partial charge in [0.05, 0.1) is 13.1 Å². The van der Waals surface area contributed by atoms with E-state index in [1.807, 2.05) is 68.4 Å². The SMILES string of the molecule is CC(C)[C@H]1C(=O)N(Cc2cccc3ccccc23)C[C@H]2N1C(=O)CN(C)N2C(=O)NCc1ccccc1. The summed E-state index contributed by atoms with van der Waals surface area (Å²) in [5.41, 5.74) is 2.03. The Kier molecular flexibility index (Phi) is 6.84. The van der Waals surface area contributed by atoms with Crippen molar-refractivity contribution in [2.24, 2.45) is 5.92 Å². The highest BCUT2D eigenvalue weighted by atomic mass is 16.2. The Morgan fingerprint density at radius 1 is 0.973 bits per heavy atom. The van der Waals surface area contributed by atoms with Gasteiger partial charge in [-0.25, -0.2) is 14.8 Å². The molecule has 0 unspecified atom stereocenters. The molecule has 2 saturated heterocycles. The summed E-state index contributed by atoms with van der Waals surface area (Å²) in [5.74, 6) is -0.329. The fourth-order valence-electron chi connectivity index (χ4n) is 5.49. The van der Waals surface area contributed by atoms with Gasteiger partial charge in [-0.1, -0.05) is 86.6 Å². The van der Waals surface area contributed by atoms with E-state index in [9.17, 15) is 14.4 Å². The van der Waals surface area contributed by atoms with Gasteiger partial charge in [0.1, 0.15) is 12.2 Å². The fourth-order valence-corrected chi connectivity index (χ4v) is 5.49. The van der Waals surface area contributed by atoms with Crippen molar-refractivity contribution >= 4 is 28.6 Å². The topological polar surface area (TPSA) is 76.2 Å². The maximum Gasteiger partial charge on any atom is 0.334 e. The summed E-state index contributed by atoms with van der Waals surface area (Å²) in [5, 5.41) is 8.46. The first-order chi connectivity index (χ1) is 17.8. The number of nitrogens with zero attached hydrogens (tertiary/aromatic N) is 4. The molecule has 0 aliphatic carbocycles. The van der Waals surface area contributed by atoms with Crippen LogP contribution in [0.2, 0.25) is 0 Å². The van der Waals surface area contributed by atoms with Crippen LogP contribution < -0.4 is 5.32 Å². The van der Waals surface area contributed by atoms with Crippen LogP contribution in [-0.2, 0) is 22.7 Å². The highest BCUT2D eigenvalue weighted by molar-refractivity contribution is 5.92. The molecule has 8 heteroatoms. The van der Waals surface area contributed by atoms with E-state index >= 15 is 0 Å². The number of hydrogen-bond donors (Lipinski definition) is 1. The molecule has 2 heterocycles. The largest absolute Gasteiger partial charge is 0.334 e. The van der Waals surface area contributed by atoms with E-state index in [-0.39, 0.29) is 36.9 Å². The molecule has 3 aromatic carbocycles. The third-order valence-corrected chi connectivity index (χ3v) is 7.24. The Balaban J connectivity index is 1.45. The van der Waals surface area contributed by atoms with Gasteiger partial charge < -0.3 is 15.1 Å². The van der Waals surface area contributed by atoms with Crippen molar-refractivity contribution in [1.29, 1.82) is 0 Å². The first-order valence-corrected chi connectivity index (χ1v) is 12.7. The second-order valence-corrected chi connectivity index (χ2v) is 10.1. The van der Waals surface area contributed by atoms with Crippen LogP contribution in [-0.4, -0.2) is 70.0 Å². The predicted octanol–water partition coefficient (Wildman–Crippen LogP) is 3.43. The van der Waals surface area contributed by atoms with Crippen LogP contribution in [0.1, 0.15) is 25.0 Å². The van der Waals surface area contributed by atoms with Crippen molar-refractivity contribution in [1.82, 2.24) is 25.1 Å². The van der Waals surface area contributed by atoms with Gasteiger partial charge in [0.15, 0.2) is 0 Å². The van der Waals surface area contributed by atoms with Crippen LogP contribution in [0.4, 0.5) is 4.79 Å². The summed E-state index contributed by atoms with van der Waals surface area (Å²) in [7, 11) is 1.74. The highest BCUT2D eigenvalue weighted by Gasteiger charge is 2.51. The van der Waals surface area contributed by atoms with Crippen LogP contribution >= 0.6 is 0 Å². The lowest BCUT2D eigenvalue weighted by molar-refractivity contribution is -0.190. The molecule has 4 amide bonds. The average Bonchev–Trinajstić information content (AvgIpc) is 2.89. The highest BCUT2D eigenvalue weighted by Crippen LogP contribution is 2.31. The van der Waals surface area contributed by atoms with Crippen LogP contribution in [0.25, 0.3) is 10.8 Å². The van der Waals surface area contributed by atoms with E-state index in [2.05, 4.69) is 23.5 Å². The second kappa shape index (κ2) is 10.2. The standard InChI is InChI=1S/C29H33N5O3/c1-20(2)27-28(36)32(17-23-14-9-13-22-12-7-8-15-24(22)23)18-25-33(27)26(35)19-31(3)34(25)29(37)30-16-21-10-5-4-6-11-21/h4-15,20,25,27H,16-19H2,1-3H3,(H,30,37)/t25-,27-/m0/s1. The number of hydrazine groups is 1. The third-order valence-electron chi connectivity index (χ3n) is 7.24. The minimum absolute atomic E-state index is 0.0368. The maximum atomic E-state index is 13.8. The number of rotatable bonds is 5. The molecule has 8 nitrogen and oxygen atoms in total. The quantitative estimate of drug-likeness (QED) is 0.584. The van der Waals surface area contributed by atoms with Gasteiger partial charge in [0.2, 0.25) is 11.8 Å². The zero-order valence-electron chi connectivity index (χ0n) is 21.5. The molecule has 0 aromatic heterocycles. The van der Waals surface area contributed by atoms with Crippen molar-refractivity contribution in [2.45, 2.75) is 39.1 Å². The number of carbonyl (C=O) groups is 3. The van der Waals surface area contributed by atoms with Crippen molar-refractivity contribution in [3.05, 3.63) is 83.9 Å². The Hall–Kier alpha value is -3.91. The van der Waals surface area contributed by atoms with Crippen molar-refractivity contribution < 1.29 is 14.4 Å². The minimum atomic E-state index is -0.639. The number of likely N-dealkylation sites (N-methyl/N-ethyl adjacent to an activating group) is 1. The smallest absolute Gasteiger partial charge is 0.333 e. The predicted molar refractivity (Wildman–Crippen MR) is 142 cm³/mol. The molecule has 2 aliphatic heterocycles. The van der Waals surface area contributed by atoms with E-state index in [0.29, 0.717) is 13.1 Å². The maximum absolute atomic E-state index is 13.8. The zero-order chi connectivity index (χ0) is 26.1. The molecule has 37 heavy (non-hydrogen) atoms. The molecular weight excluding hydrogens is 466 g/mol. The molecule has 2 atom stereocenters. The van der Waals surface area contributed by atoms with E-state index in [1.54, 1.807) is 26.9 Å². The molecular formula is C29H33N5O3. The summed E-state index contributed by atoms with van der Waals surface area (Å²) in [6.45, 7) is 4.95. The van der Waals surface area contributed by atoms with Crippen LogP contribution in [0.5, 0.6) is 0 Å². The minimum Gasteiger partial charge on any atom is -0.333 e. The molecule has 0 bridgehead atoms. The summed E-state index contributed by atoms with van der Waals surface area (Å²) in [6, 6.07) is 23.0. The van der Waals surface area contributed by atoms with Gasteiger partial charge in [-0.2, -0.15) is 0 Å². The Morgan fingerprint density at radius 3 is 2.43 bits per heavy atom. The number of hydrogen-bond acceptors (Lipinski definition) is 4. The summed E-state index contributed by atoms with van der Waals surface area (Å²) < 4.78 is 0. The van der Waals surface area contributed by atoms with Gasteiger partial charge in [-0.3, -0.25) is 9.59 Å². The van der Waals surface area contributed by atoms with E-state index in [0.717, 1.165) is 21.9 Å². The van der Waals surface area contributed by atoms with Crippen LogP contribution in [0.15, 0.2) is 72.8 Å². The third kappa shape index (κ3) is 4.76. The summed E-state index contributed by atoms with van der Waals surface area (Å²) >= 11 is 0. The molecule has 2 aliphatic rings. The summed E-state index contributed by atoms with van der Waals surface area (Å²) in [6.07, 6.45) is -0.595. The molecule has 0 spiro atoms. The van der Waals surface area contributed by atoms with E-state index in [1.165, 1.54) is 0 Å². The number of piperazine rings is 1. The van der Waals surface area contributed by atoms with Crippen LogP contribution in [0.3, 0.4) is 0 Å². The Bertz CT molecular complexity index is 1310. The van der Waals surface area contributed by atoms with Gasteiger partial charge in [0.25, 0.3) is 0 Å². The molecule has 1 N–H and O–H groups in total. The molecule has 192 valence electrons. The molecule has 0 radical (unpaired) electrons. The normalized spacial score (nSPS) is 20.5. The van der Waals surface area contributed by atoms with E-state index < -0.39 is 12.2 Å². The molecule has 2 fully saturated rings. The first-order valence-electron chi connectivity index (χ1n) is 12.7. The summed E-state index contributed by atoms with van der Waals surface area (Å²) in [4.78, 5) is 43.9. The van der Waals surface area contributed by atoms with Crippen molar-refractivity contribution in [3.8, 4) is 0 Å². The van der Waals surface area contributed by atoms with Gasteiger partial charge >= 0.3 is 6.03 Å². The van der Waals surface area contributed by atoms with Gasteiger partial charge in [-0.05, 0) is 27.8 Å². The fraction of sp³-hybridized carbons (Fsp3) is 0.345. The molecule has 3 aromatic rings. The van der Waals surface area contributed by atoms with Gasteiger partial charge in [0, 0.05) is 20.1 Å². The number of fused-ring (bicyclic) bond motifs is 2. The zero-order valence-corrected chi connectivity index (χ0v) is 21.5. The Morgan fingerprint density at radius 2 is 1.68 bits per heavy atom. The van der Waals surface area contributed by atoms with Crippen LogP contribution in [0, 0.1) is 5.92 Å². The number of amides is 4. The lowest BCUT2D eigenvalue weighted by Gasteiger charge is -2.55. The monoisotopic (exact) mass is 499 g/mol. The average molecular weight is 500 g/mol. The lowest BCUT2D eigenvalue weighted by Crippen LogP contribution is -2.76.